The highest BCUT2D eigenvalue weighted by atomic mass is 16.1. The van der Waals surface area contributed by atoms with Crippen LogP contribution in [0.3, 0.4) is 0 Å². The summed E-state index contributed by atoms with van der Waals surface area (Å²) in [6, 6.07) is 10.2. The Kier molecular flexibility index (Phi) is 5.75. The summed E-state index contributed by atoms with van der Waals surface area (Å²) in [6.07, 6.45) is 4.59. The summed E-state index contributed by atoms with van der Waals surface area (Å²) in [5, 5.41) is 3.01. The van der Waals surface area contributed by atoms with Crippen molar-refractivity contribution in [3.63, 3.8) is 0 Å². The summed E-state index contributed by atoms with van der Waals surface area (Å²) in [4.78, 5) is 16.5. The summed E-state index contributed by atoms with van der Waals surface area (Å²) in [5.41, 5.74) is 2.12. The standard InChI is InChI=1S/C18H25N3O/c1-4-15(5-2)18(22)19-12-11-16-13-21(14(3)20-16)17-9-7-6-8-10-17/h6-10,13,15H,4-5,11-12H2,1-3H3,(H,19,22). The third-order valence-electron chi connectivity index (χ3n) is 4.00. The molecule has 1 aromatic carbocycles. The first-order valence-electron chi connectivity index (χ1n) is 8.03. The van der Waals surface area contributed by atoms with Gasteiger partial charge in [0, 0.05) is 30.8 Å². The van der Waals surface area contributed by atoms with Crippen molar-refractivity contribution >= 4 is 5.91 Å². The van der Waals surface area contributed by atoms with E-state index in [-0.39, 0.29) is 11.8 Å². The molecule has 4 heteroatoms. The Morgan fingerprint density at radius 1 is 1.23 bits per heavy atom. The van der Waals surface area contributed by atoms with E-state index in [0.29, 0.717) is 6.54 Å². The molecule has 22 heavy (non-hydrogen) atoms. The molecule has 4 nitrogen and oxygen atoms in total. The Hall–Kier alpha value is -2.10. The Morgan fingerprint density at radius 2 is 1.91 bits per heavy atom. The van der Waals surface area contributed by atoms with Gasteiger partial charge < -0.3 is 9.88 Å². The minimum absolute atomic E-state index is 0.128. The lowest BCUT2D eigenvalue weighted by Gasteiger charge is -2.11. The van der Waals surface area contributed by atoms with Crippen molar-refractivity contribution in [2.75, 3.05) is 6.54 Å². The molecule has 0 fully saturated rings. The Bertz CT molecular complexity index is 600. The molecule has 1 N–H and O–H groups in total. The molecule has 2 aromatic rings. The van der Waals surface area contributed by atoms with Gasteiger partial charge in [-0.15, -0.1) is 0 Å². The summed E-state index contributed by atoms with van der Waals surface area (Å²) >= 11 is 0. The number of nitrogens with zero attached hydrogens (tertiary/aromatic N) is 2. The molecule has 2 rings (SSSR count). The van der Waals surface area contributed by atoms with Crippen LogP contribution in [-0.4, -0.2) is 22.0 Å². The largest absolute Gasteiger partial charge is 0.355 e. The molecule has 0 spiro atoms. The van der Waals surface area contributed by atoms with Crippen LogP contribution in [0.1, 0.15) is 38.2 Å². The lowest BCUT2D eigenvalue weighted by Crippen LogP contribution is -2.31. The van der Waals surface area contributed by atoms with Crippen LogP contribution in [0.15, 0.2) is 36.5 Å². The van der Waals surface area contributed by atoms with E-state index in [1.807, 2.05) is 31.3 Å². The van der Waals surface area contributed by atoms with E-state index >= 15 is 0 Å². The highest BCUT2D eigenvalue weighted by molar-refractivity contribution is 5.78. The number of rotatable bonds is 7. The number of imidazole rings is 1. The van der Waals surface area contributed by atoms with Crippen molar-refractivity contribution in [1.29, 1.82) is 0 Å². The fourth-order valence-electron chi connectivity index (χ4n) is 2.62. The Balaban J connectivity index is 1.94. The molecule has 0 saturated carbocycles. The highest BCUT2D eigenvalue weighted by Gasteiger charge is 2.13. The number of carbonyl (C=O) groups excluding carboxylic acids is 1. The SMILES string of the molecule is CCC(CC)C(=O)NCCc1cn(-c2ccccc2)c(C)n1. The van der Waals surface area contributed by atoms with Crippen molar-refractivity contribution < 1.29 is 4.79 Å². The first-order chi connectivity index (χ1) is 10.7. The van der Waals surface area contributed by atoms with Gasteiger partial charge in [-0.1, -0.05) is 32.0 Å². The molecule has 1 heterocycles. The van der Waals surface area contributed by atoms with Gasteiger partial charge in [0.25, 0.3) is 0 Å². The van der Waals surface area contributed by atoms with Crippen LogP contribution in [0.25, 0.3) is 5.69 Å². The molecule has 1 aromatic heterocycles. The van der Waals surface area contributed by atoms with Crippen molar-refractivity contribution in [2.45, 2.75) is 40.0 Å². The molecule has 0 saturated heterocycles. The smallest absolute Gasteiger partial charge is 0.223 e. The first kappa shape index (κ1) is 16.3. The van der Waals surface area contributed by atoms with E-state index in [1.54, 1.807) is 0 Å². The number of hydrogen-bond donors (Lipinski definition) is 1. The first-order valence-corrected chi connectivity index (χ1v) is 8.03. The molecule has 0 aliphatic rings. The topological polar surface area (TPSA) is 46.9 Å². The summed E-state index contributed by atoms with van der Waals surface area (Å²) in [7, 11) is 0. The maximum atomic E-state index is 12.0. The number of aromatic nitrogens is 2. The second-order valence-electron chi connectivity index (χ2n) is 5.54. The molecule has 0 aliphatic carbocycles. The van der Waals surface area contributed by atoms with Crippen LogP contribution in [0.4, 0.5) is 0 Å². The molecule has 1 amide bonds. The van der Waals surface area contributed by atoms with Gasteiger partial charge in [0.2, 0.25) is 5.91 Å². The lowest BCUT2D eigenvalue weighted by molar-refractivity contribution is -0.125. The number of benzene rings is 1. The minimum atomic E-state index is 0.128. The second kappa shape index (κ2) is 7.78. The summed E-state index contributed by atoms with van der Waals surface area (Å²) < 4.78 is 2.08. The average molecular weight is 299 g/mol. The van der Waals surface area contributed by atoms with Crippen LogP contribution < -0.4 is 5.32 Å². The number of amides is 1. The van der Waals surface area contributed by atoms with Gasteiger partial charge in [0.05, 0.1) is 5.69 Å². The van der Waals surface area contributed by atoms with Gasteiger partial charge in [-0.05, 0) is 31.9 Å². The molecular weight excluding hydrogens is 274 g/mol. The summed E-state index contributed by atoms with van der Waals surface area (Å²) in [5.74, 6) is 1.25. The number of hydrogen-bond acceptors (Lipinski definition) is 2. The molecule has 0 unspecified atom stereocenters. The van der Waals surface area contributed by atoms with Crippen LogP contribution in [0, 0.1) is 12.8 Å². The van der Waals surface area contributed by atoms with E-state index in [0.717, 1.165) is 36.5 Å². The van der Waals surface area contributed by atoms with Crippen LogP contribution in [-0.2, 0) is 11.2 Å². The highest BCUT2D eigenvalue weighted by Crippen LogP contribution is 2.12. The number of aryl methyl sites for hydroxylation is 1. The van der Waals surface area contributed by atoms with Crippen LogP contribution in [0.5, 0.6) is 0 Å². The van der Waals surface area contributed by atoms with Crippen LogP contribution in [0.2, 0.25) is 0 Å². The monoisotopic (exact) mass is 299 g/mol. The van der Waals surface area contributed by atoms with Gasteiger partial charge in [-0.2, -0.15) is 0 Å². The van der Waals surface area contributed by atoms with Crippen molar-refractivity contribution in [2.24, 2.45) is 5.92 Å². The third-order valence-corrected chi connectivity index (χ3v) is 4.00. The molecule has 0 radical (unpaired) electrons. The Labute approximate surface area is 132 Å². The van der Waals surface area contributed by atoms with E-state index in [2.05, 4.69) is 40.8 Å². The molecule has 0 bridgehead atoms. The van der Waals surface area contributed by atoms with Gasteiger partial charge in [-0.3, -0.25) is 4.79 Å². The number of para-hydroxylation sites is 1. The van der Waals surface area contributed by atoms with Gasteiger partial charge in [0.1, 0.15) is 5.82 Å². The van der Waals surface area contributed by atoms with Crippen molar-refractivity contribution in [1.82, 2.24) is 14.9 Å². The summed E-state index contributed by atoms with van der Waals surface area (Å²) in [6.45, 7) is 6.75. The molecule has 0 aliphatic heterocycles. The number of carbonyl (C=O) groups is 1. The van der Waals surface area contributed by atoms with Crippen LogP contribution >= 0.6 is 0 Å². The van der Waals surface area contributed by atoms with Crippen molar-refractivity contribution in [3.8, 4) is 5.69 Å². The molecule has 0 atom stereocenters. The van der Waals surface area contributed by atoms with Gasteiger partial charge >= 0.3 is 0 Å². The minimum Gasteiger partial charge on any atom is -0.355 e. The van der Waals surface area contributed by atoms with Crippen molar-refractivity contribution in [3.05, 3.63) is 48.0 Å². The van der Waals surface area contributed by atoms with E-state index in [4.69, 9.17) is 0 Å². The Morgan fingerprint density at radius 3 is 2.55 bits per heavy atom. The zero-order valence-corrected chi connectivity index (χ0v) is 13.7. The normalized spacial score (nSPS) is 10.9. The predicted molar refractivity (Wildman–Crippen MR) is 89.1 cm³/mol. The number of nitrogens with one attached hydrogen (secondary N) is 1. The zero-order valence-electron chi connectivity index (χ0n) is 13.7. The van der Waals surface area contributed by atoms with E-state index in [9.17, 15) is 4.79 Å². The third kappa shape index (κ3) is 3.97. The lowest BCUT2D eigenvalue weighted by atomic mass is 10.0. The molecule has 118 valence electrons. The van der Waals surface area contributed by atoms with Gasteiger partial charge in [0.15, 0.2) is 0 Å². The average Bonchev–Trinajstić information content (AvgIpc) is 2.90. The van der Waals surface area contributed by atoms with Gasteiger partial charge in [-0.25, -0.2) is 4.98 Å². The predicted octanol–water partition coefficient (Wildman–Crippen LogP) is 3.28. The maximum absolute atomic E-state index is 12.0. The molecular formula is C18H25N3O. The second-order valence-corrected chi connectivity index (χ2v) is 5.54. The maximum Gasteiger partial charge on any atom is 0.223 e. The van der Waals surface area contributed by atoms with E-state index in [1.165, 1.54) is 0 Å². The quantitative estimate of drug-likeness (QED) is 0.853. The zero-order chi connectivity index (χ0) is 15.9. The fraction of sp³-hybridized carbons (Fsp3) is 0.444. The fourth-order valence-corrected chi connectivity index (χ4v) is 2.62. The van der Waals surface area contributed by atoms with E-state index < -0.39 is 0 Å².